The first-order valence-corrected chi connectivity index (χ1v) is 7.66. The molecule has 3 nitrogen and oxygen atoms in total. The summed E-state index contributed by atoms with van der Waals surface area (Å²) in [7, 11) is 0. The Hall–Kier alpha value is -2.29. The first kappa shape index (κ1) is 16.1. The van der Waals surface area contributed by atoms with E-state index in [-0.39, 0.29) is 5.91 Å². The zero-order chi connectivity index (χ0) is 15.9. The first-order valence-electron chi connectivity index (χ1n) is 7.66. The Morgan fingerprint density at radius 2 is 1.68 bits per heavy atom. The van der Waals surface area contributed by atoms with E-state index < -0.39 is 6.10 Å². The summed E-state index contributed by atoms with van der Waals surface area (Å²) in [5.41, 5.74) is 3.34. The van der Waals surface area contributed by atoms with E-state index >= 15 is 0 Å². The number of aryl methyl sites for hydroxylation is 2. The highest BCUT2D eigenvalue weighted by Gasteiger charge is 2.18. The molecule has 0 aromatic heterocycles. The van der Waals surface area contributed by atoms with E-state index in [4.69, 9.17) is 4.74 Å². The van der Waals surface area contributed by atoms with Gasteiger partial charge in [0.2, 0.25) is 0 Å². The highest BCUT2D eigenvalue weighted by Crippen LogP contribution is 2.19. The molecule has 0 aliphatic carbocycles. The average Bonchev–Trinajstić information content (AvgIpc) is 2.53. The lowest BCUT2D eigenvalue weighted by Crippen LogP contribution is -2.37. The molecule has 1 amide bonds. The highest BCUT2D eigenvalue weighted by atomic mass is 16.5. The second-order valence-electron chi connectivity index (χ2n) is 5.42. The number of amides is 1. The Bertz CT molecular complexity index is 637. The fraction of sp³-hybridized carbons (Fsp3) is 0.316. The van der Waals surface area contributed by atoms with Crippen LogP contribution < -0.4 is 10.1 Å². The quantitative estimate of drug-likeness (QED) is 0.881. The van der Waals surface area contributed by atoms with Gasteiger partial charge in [-0.05, 0) is 43.0 Å². The third-order valence-electron chi connectivity index (χ3n) is 3.74. The normalized spacial score (nSPS) is 11.8. The van der Waals surface area contributed by atoms with Crippen LogP contribution in [-0.4, -0.2) is 12.0 Å². The lowest BCUT2D eigenvalue weighted by molar-refractivity contribution is -0.128. The number of carbonyl (C=O) groups excluding carboxylic acids is 1. The SMILES string of the molecule is CCC(Oc1ccccc1C)C(=O)NCc1ccccc1C. The summed E-state index contributed by atoms with van der Waals surface area (Å²) in [5, 5.41) is 2.97. The molecule has 0 aliphatic rings. The Balaban J connectivity index is 1.98. The van der Waals surface area contributed by atoms with Gasteiger partial charge in [0, 0.05) is 6.54 Å². The molecule has 0 radical (unpaired) electrons. The Labute approximate surface area is 132 Å². The summed E-state index contributed by atoms with van der Waals surface area (Å²) in [6.07, 6.45) is 0.165. The third-order valence-corrected chi connectivity index (χ3v) is 3.74. The van der Waals surface area contributed by atoms with Gasteiger partial charge in [-0.2, -0.15) is 0 Å². The zero-order valence-electron chi connectivity index (χ0n) is 13.4. The molecule has 0 aliphatic heterocycles. The van der Waals surface area contributed by atoms with Gasteiger partial charge in [0.15, 0.2) is 6.10 Å². The third kappa shape index (κ3) is 4.10. The minimum Gasteiger partial charge on any atom is -0.480 e. The van der Waals surface area contributed by atoms with Gasteiger partial charge in [-0.3, -0.25) is 4.79 Å². The van der Waals surface area contributed by atoms with Crippen LogP contribution in [0, 0.1) is 13.8 Å². The second kappa shape index (κ2) is 7.64. The number of para-hydroxylation sites is 1. The topological polar surface area (TPSA) is 38.3 Å². The molecular formula is C19H23NO2. The number of ether oxygens (including phenoxy) is 1. The first-order chi connectivity index (χ1) is 10.6. The average molecular weight is 297 g/mol. The van der Waals surface area contributed by atoms with E-state index in [9.17, 15) is 4.79 Å². The van der Waals surface area contributed by atoms with Crippen LogP contribution in [0.25, 0.3) is 0 Å². The van der Waals surface area contributed by atoms with Crippen molar-refractivity contribution in [3.05, 3.63) is 65.2 Å². The number of carbonyl (C=O) groups is 1. The van der Waals surface area contributed by atoms with Crippen LogP contribution >= 0.6 is 0 Å². The lowest BCUT2D eigenvalue weighted by Gasteiger charge is -2.19. The number of rotatable bonds is 6. The molecule has 2 aromatic rings. The van der Waals surface area contributed by atoms with Gasteiger partial charge in [0.25, 0.3) is 5.91 Å². The molecule has 1 unspecified atom stereocenters. The predicted molar refractivity (Wildman–Crippen MR) is 88.9 cm³/mol. The fourth-order valence-corrected chi connectivity index (χ4v) is 2.27. The van der Waals surface area contributed by atoms with Crippen LogP contribution in [0.3, 0.4) is 0 Å². The summed E-state index contributed by atoms with van der Waals surface area (Å²) >= 11 is 0. The molecule has 1 N–H and O–H groups in total. The molecule has 3 heteroatoms. The maximum absolute atomic E-state index is 12.3. The minimum atomic E-state index is -0.467. The van der Waals surface area contributed by atoms with Crippen molar-refractivity contribution in [2.45, 2.75) is 39.8 Å². The number of benzene rings is 2. The fourth-order valence-electron chi connectivity index (χ4n) is 2.27. The molecule has 2 rings (SSSR count). The van der Waals surface area contributed by atoms with E-state index in [1.807, 2.05) is 69.3 Å². The molecule has 1 atom stereocenters. The molecule has 0 fully saturated rings. The summed E-state index contributed by atoms with van der Waals surface area (Å²) < 4.78 is 5.86. The zero-order valence-corrected chi connectivity index (χ0v) is 13.4. The van der Waals surface area contributed by atoms with Crippen LogP contribution in [-0.2, 0) is 11.3 Å². The van der Waals surface area contributed by atoms with Crippen molar-refractivity contribution in [3.8, 4) is 5.75 Å². The Kier molecular flexibility index (Phi) is 5.59. The molecular weight excluding hydrogens is 274 g/mol. The van der Waals surface area contributed by atoms with Crippen molar-refractivity contribution < 1.29 is 9.53 Å². The van der Waals surface area contributed by atoms with Crippen molar-refractivity contribution in [1.29, 1.82) is 0 Å². The van der Waals surface area contributed by atoms with Crippen molar-refractivity contribution in [1.82, 2.24) is 5.32 Å². The summed E-state index contributed by atoms with van der Waals surface area (Å²) in [5.74, 6) is 0.689. The van der Waals surface area contributed by atoms with E-state index in [1.54, 1.807) is 0 Å². The van der Waals surface area contributed by atoms with Crippen LogP contribution in [0.1, 0.15) is 30.0 Å². The summed E-state index contributed by atoms with van der Waals surface area (Å²) in [4.78, 5) is 12.3. The maximum atomic E-state index is 12.3. The number of hydrogen-bond donors (Lipinski definition) is 1. The number of hydrogen-bond acceptors (Lipinski definition) is 2. The van der Waals surface area contributed by atoms with Crippen molar-refractivity contribution in [2.24, 2.45) is 0 Å². The molecule has 2 aromatic carbocycles. The maximum Gasteiger partial charge on any atom is 0.261 e. The van der Waals surface area contributed by atoms with Gasteiger partial charge in [-0.25, -0.2) is 0 Å². The highest BCUT2D eigenvalue weighted by molar-refractivity contribution is 5.81. The van der Waals surface area contributed by atoms with Gasteiger partial charge in [-0.15, -0.1) is 0 Å². The molecule has 0 saturated heterocycles. The Morgan fingerprint density at radius 1 is 1.05 bits per heavy atom. The summed E-state index contributed by atoms with van der Waals surface area (Å²) in [6, 6.07) is 15.8. The smallest absolute Gasteiger partial charge is 0.261 e. The standard InChI is InChI=1S/C19H23NO2/c1-4-17(22-18-12-8-6-10-15(18)3)19(21)20-13-16-11-7-5-9-14(16)2/h5-12,17H,4,13H2,1-3H3,(H,20,21). The van der Waals surface area contributed by atoms with Crippen LogP contribution in [0.5, 0.6) is 5.75 Å². The van der Waals surface area contributed by atoms with Gasteiger partial charge in [0.05, 0.1) is 0 Å². The molecule has 0 bridgehead atoms. The molecule has 0 spiro atoms. The van der Waals surface area contributed by atoms with Crippen molar-refractivity contribution >= 4 is 5.91 Å². The number of nitrogens with one attached hydrogen (secondary N) is 1. The lowest BCUT2D eigenvalue weighted by atomic mass is 10.1. The molecule has 0 saturated carbocycles. The predicted octanol–water partition coefficient (Wildman–Crippen LogP) is 3.78. The van der Waals surface area contributed by atoms with E-state index in [0.717, 1.165) is 16.9 Å². The molecule has 116 valence electrons. The van der Waals surface area contributed by atoms with E-state index in [0.29, 0.717) is 13.0 Å². The van der Waals surface area contributed by atoms with Gasteiger partial charge < -0.3 is 10.1 Å². The van der Waals surface area contributed by atoms with Crippen LogP contribution in [0.2, 0.25) is 0 Å². The van der Waals surface area contributed by atoms with Crippen molar-refractivity contribution in [3.63, 3.8) is 0 Å². The largest absolute Gasteiger partial charge is 0.480 e. The van der Waals surface area contributed by atoms with Gasteiger partial charge in [0.1, 0.15) is 5.75 Å². The van der Waals surface area contributed by atoms with E-state index in [1.165, 1.54) is 5.56 Å². The monoisotopic (exact) mass is 297 g/mol. The van der Waals surface area contributed by atoms with E-state index in [2.05, 4.69) is 5.32 Å². The van der Waals surface area contributed by atoms with Crippen molar-refractivity contribution in [2.75, 3.05) is 0 Å². The van der Waals surface area contributed by atoms with Gasteiger partial charge in [-0.1, -0.05) is 49.4 Å². The summed E-state index contributed by atoms with van der Waals surface area (Å²) in [6.45, 7) is 6.51. The van der Waals surface area contributed by atoms with Crippen LogP contribution in [0.4, 0.5) is 0 Å². The minimum absolute atomic E-state index is 0.0750. The molecule has 22 heavy (non-hydrogen) atoms. The van der Waals surface area contributed by atoms with Gasteiger partial charge >= 0.3 is 0 Å². The Morgan fingerprint density at radius 3 is 2.32 bits per heavy atom. The molecule has 0 heterocycles. The van der Waals surface area contributed by atoms with Crippen LogP contribution in [0.15, 0.2) is 48.5 Å². The second-order valence-corrected chi connectivity index (χ2v) is 5.42.